The summed E-state index contributed by atoms with van der Waals surface area (Å²) in [6, 6.07) is 16.0. The van der Waals surface area contributed by atoms with Gasteiger partial charge < -0.3 is 9.72 Å². The molecular weight excluding hydrogens is 262 g/mol. The van der Waals surface area contributed by atoms with Gasteiger partial charge in [-0.25, -0.2) is 4.79 Å². The molecule has 3 rings (SSSR count). The normalized spacial score (nSPS) is 10.7. The smallest absolute Gasteiger partial charge is 0.338 e. The van der Waals surface area contributed by atoms with Crippen molar-refractivity contribution in [3.63, 3.8) is 0 Å². The summed E-state index contributed by atoms with van der Waals surface area (Å²) in [6.07, 6.45) is 2.65. The summed E-state index contributed by atoms with van der Waals surface area (Å²) < 4.78 is 5.12. The van der Waals surface area contributed by atoms with Crippen molar-refractivity contribution < 1.29 is 9.53 Å². The van der Waals surface area contributed by atoms with Crippen molar-refractivity contribution in [1.82, 2.24) is 4.98 Å². The molecule has 3 nitrogen and oxygen atoms in total. The Morgan fingerprint density at radius 1 is 1.14 bits per heavy atom. The molecule has 106 valence electrons. The van der Waals surface area contributed by atoms with E-state index < -0.39 is 0 Å². The first-order valence-corrected chi connectivity index (χ1v) is 7.09. The predicted molar refractivity (Wildman–Crippen MR) is 83.5 cm³/mol. The first-order valence-electron chi connectivity index (χ1n) is 7.09. The van der Waals surface area contributed by atoms with E-state index in [0.717, 1.165) is 17.5 Å². The average Bonchev–Trinajstić information content (AvgIpc) is 2.95. The summed E-state index contributed by atoms with van der Waals surface area (Å²) in [5.74, 6) is -0.254. The maximum absolute atomic E-state index is 12.0. The van der Waals surface area contributed by atoms with E-state index in [1.807, 2.05) is 37.4 Å². The van der Waals surface area contributed by atoms with Crippen molar-refractivity contribution in [1.29, 1.82) is 0 Å². The van der Waals surface area contributed by atoms with Crippen LogP contribution < -0.4 is 0 Å². The minimum atomic E-state index is -0.254. The van der Waals surface area contributed by atoms with Gasteiger partial charge >= 0.3 is 5.97 Å². The highest BCUT2D eigenvalue weighted by Gasteiger charge is 2.12. The molecule has 0 saturated carbocycles. The standard InChI is InChI=1S/C18H17NO2/c1-2-21-18(20)16-6-4-3-5-14(16)11-13-7-8-17-15(12-13)9-10-19-17/h3-10,12,19H,2,11H2,1H3. The van der Waals surface area contributed by atoms with Crippen molar-refractivity contribution in [3.8, 4) is 0 Å². The molecule has 0 bridgehead atoms. The number of hydrogen-bond donors (Lipinski definition) is 1. The van der Waals surface area contributed by atoms with Crippen LogP contribution in [-0.2, 0) is 11.2 Å². The third-order valence-electron chi connectivity index (χ3n) is 3.52. The molecule has 2 aromatic carbocycles. The van der Waals surface area contributed by atoms with E-state index >= 15 is 0 Å². The number of aromatic amines is 1. The molecule has 3 heteroatoms. The highest BCUT2D eigenvalue weighted by molar-refractivity contribution is 5.91. The zero-order chi connectivity index (χ0) is 14.7. The van der Waals surface area contributed by atoms with Gasteiger partial charge in [0.25, 0.3) is 0 Å². The van der Waals surface area contributed by atoms with Crippen LogP contribution in [0.3, 0.4) is 0 Å². The van der Waals surface area contributed by atoms with Crippen LogP contribution in [0.2, 0.25) is 0 Å². The Morgan fingerprint density at radius 3 is 2.86 bits per heavy atom. The molecule has 0 saturated heterocycles. The molecular formula is C18H17NO2. The minimum absolute atomic E-state index is 0.254. The summed E-state index contributed by atoms with van der Waals surface area (Å²) in [5.41, 5.74) is 3.94. The van der Waals surface area contributed by atoms with Crippen LogP contribution in [-0.4, -0.2) is 17.6 Å². The zero-order valence-electron chi connectivity index (χ0n) is 11.9. The van der Waals surface area contributed by atoms with Crippen molar-refractivity contribution in [2.24, 2.45) is 0 Å². The van der Waals surface area contributed by atoms with E-state index in [9.17, 15) is 4.79 Å². The highest BCUT2D eigenvalue weighted by atomic mass is 16.5. The second-order valence-corrected chi connectivity index (χ2v) is 4.95. The Labute approximate surface area is 123 Å². The number of hydrogen-bond acceptors (Lipinski definition) is 2. The molecule has 0 unspecified atom stereocenters. The maximum Gasteiger partial charge on any atom is 0.338 e. The van der Waals surface area contributed by atoms with Gasteiger partial charge in [-0.05, 0) is 54.1 Å². The Kier molecular flexibility index (Phi) is 3.73. The van der Waals surface area contributed by atoms with E-state index in [2.05, 4.69) is 29.2 Å². The molecule has 1 aromatic heterocycles. The van der Waals surface area contributed by atoms with Gasteiger partial charge in [-0.15, -0.1) is 0 Å². The molecule has 0 aliphatic carbocycles. The van der Waals surface area contributed by atoms with Gasteiger partial charge in [0, 0.05) is 11.7 Å². The summed E-state index contributed by atoms with van der Waals surface area (Å²) in [5, 5.41) is 1.18. The molecule has 0 aliphatic heterocycles. The number of rotatable bonds is 4. The van der Waals surface area contributed by atoms with Gasteiger partial charge in [0.05, 0.1) is 12.2 Å². The molecule has 1 heterocycles. The number of benzene rings is 2. The van der Waals surface area contributed by atoms with Crippen molar-refractivity contribution in [2.45, 2.75) is 13.3 Å². The SMILES string of the molecule is CCOC(=O)c1ccccc1Cc1ccc2[nH]ccc2c1. The fraction of sp³-hybridized carbons (Fsp3) is 0.167. The van der Waals surface area contributed by atoms with Crippen molar-refractivity contribution in [2.75, 3.05) is 6.61 Å². The van der Waals surface area contributed by atoms with E-state index in [1.54, 1.807) is 0 Å². The fourth-order valence-corrected chi connectivity index (χ4v) is 2.52. The number of ether oxygens (including phenoxy) is 1. The van der Waals surface area contributed by atoms with Crippen LogP contribution in [0, 0.1) is 0 Å². The highest BCUT2D eigenvalue weighted by Crippen LogP contribution is 2.19. The third kappa shape index (κ3) is 2.82. The quantitative estimate of drug-likeness (QED) is 0.735. The number of esters is 1. The fourth-order valence-electron chi connectivity index (χ4n) is 2.52. The number of carbonyl (C=O) groups is 1. The monoisotopic (exact) mass is 279 g/mol. The van der Waals surface area contributed by atoms with Gasteiger partial charge in [-0.1, -0.05) is 24.3 Å². The zero-order valence-corrected chi connectivity index (χ0v) is 11.9. The van der Waals surface area contributed by atoms with Gasteiger partial charge in [0.2, 0.25) is 0 Å². The first kappa shape index (κ1) is 13.4. The lowest BCUT2D eigenvalue weighted by Gasteiger charge is -2.09. The number of nitrogens with one attached hydrogen (secondary N) is 1. The number of carbonyl (C=O) groups excluding carboxylic acids is 1. The van der Waals surface area contributed by atoms with Crippen LogP contribution in [0.15, 0.2) is 54.7 Å². The Balaban J connectivity index is 1.91. The second-order valence-electron chi connectivity index (χ2n) is 4.95. The van der Waals surface area contributed by atoms with E-state index in [4.69, 9.17) is 4.74 Å². The molecule has 0 aliphatic rings. The average molecular weight is 279 g/mol. The minimum Gasteiger partial charge on any atom is -0.462 e. The number of aromatic nitrogens is 1. The first-order chi connectivity index (χ1) is 10.3. The van der Waals surface area contributed by atoms with Gasteiger partial charge in [0.1, 0.15) is 0 Å². The predicted octanol–water partition coefficient (Wildman–Crippen LogP) is 3.94. The molecule has 0 radical (unpaired) electrons. The third-order valence-corrected chi connectivity index (χ3v) is 3.52. The lowest BCUT2D eigenvalue weighted by atomic mass is 9.99. The van der Waals surface area contributed by atoms with Crippen LogP contribution in [0.4, 0.5) is 0 Å². The van der Waals surface area contributed by atoms with Gasteiger partial charge in [-0.2, -0.15) is 0 Å². The van der Waals surface area contributed by atoms with E-state index in [0.29, 0.717) is 12.2 Å². The lowest BCUT2D eigenvalue weighted by molar-refractivity contribution is 0.0525. The van der Waals surface area contributed by atoms with Crippen LogP contribution >= 0.6 is 0 Å². The van der Waals surface area contributed by atoms with Crippen LogP contribution in [0.5, 0.6) is 0 Å². The molecule has 1 N–H and O–H groups in total. The summed E-state index contributed by atoms with van der Waals surface area (Å²) in [6.45, 7) is 2.21. The topological polar surface area (TPSA) is 42.1 Å². The number of H-pyrrole nitrogens is 1. The summed E-state index contributed by atoms with van der Waals surface area (Å²) in [7, 11) is 0. The van der Waals surface area contributed by atoms with Crippen LogP contribution in [0.25, 0.3) is 10.9 Å². The molecule has 0 amide bonds. The molecule has 21 heavy (non-hydrogen) atoms. The Morgan fingerprint density at radius 2 is 2.00 bits per heavy atom. The van der Waals surface area contributed by atoms with E-state index in [1.165, 1.54) is 10.9 Å². The summed E-state index contributed by atoms with van der Waals surface area (Å²) in [4.78, 5) is 15.2. The largest absolute Gasteiger partial charge is 0.462 e. The van der Waals surface area contributed by atoms with Crippen molar-refractivity contribution in [3.05, 3.63) is 71.4 Å². The molecule has 0 atom stereocenters. The number of fused-ring (bicyclic) bond motifs is 1. The molecule has 0 spiro atoms. The summed E-state index contributed by atoms with van der Waals surface area (Å²) >= 11 is 0. The molecule has 3 aromatic rings. The Bertz CT molecular complexity index is 773. The van der Waals surface area contributed by atoms with Gasteiger partial charge in [0.15, 0.2) is 0 Å². The van der Waals surface area contributed by atoms with E-state index in [-0.39, 0.29) is 5.97 Å². The van der Waals surface area contributed by atoms with Crippen LogP contribution in [0.1, 0.15) is 28.4 Å². The Hall–Kier alpha value is -2.55. The maximum atomic E-state index is 12.0. The lowest BCUT2D eigenvalue weighted by Crippen LogP contribution is -2.08. The van der Waals surface area contributed by atoms with Crippen molar-refractivity contribution >= 4 is 16.9 Å². The second kappa shape index (κ2) is 5.83. The van der Waals surface area contributed by atoms with Gasteiger partial charge in [-0.3, -0.25) is 0 Å². The molecule has 0 fully saturated rings.